The Morgan fingerprint density at radius 1 is 1.16 bits per heavy atom. The average Bonchev–Trinajstić information content (AvgIpc) is 3.57. The molecule has 2 saturated carbocycles. The summed E-state index contributed by atoms with van der Waals surface area (Å²) in [4.78, 5) is 11.3. The summed E-state index contributed by atoms with van der Waals surface area (Å²) in [5.74, 6) is 10.9. The molecule has 0 radical (unpaired) electrons. The highest BCUT2D eigenvalue weighted by atomic mass is 35.5. The second-order valence-corrected chi connectivity index (χ2v) is 11.8. The van der Waals surface area contributed by atoms with Crippen LogP contribution in [0.3, 0.4) is 0 Å². The van der Waals surface area contributed by atoms with Gasteiger partial charge in [-0.05, 0) is 80.3 Å². The number of pyridine rings is 1. The molecule has 2 aliphatic carbocycles. The van der Waals surface area contributed by atoms with Gasteiger partial charge >= 0.3 is 0 Å². The van der Waals surface area contributed by atoms with E-state index in [1.165, 1.54) is 19.3 Å². The minimum absolute atomic E-state index is 0.320. The summed E-state index contributed by atoms with van der Waals surface area (Å²) in [6, 6.07) is 9.94. The van der Waals surface area contributed by atoms with Gasteiger partial charge in [-0.2, -0.15) is 0 Å². The van der Waals surface area contributed by atoms with Gasteiger partial charge in [0.1, 0.15) is 6.73 Å². The second kappa shape index (κ2) is 11.6. The normalized spacial score (nSPS) is 29.1. The molecule has 1 aliphatic heterocycles. The van der Waals surface area contributed by atoms with Crippen molar-refractivity contribution < 1.29 is 4.74 Å². The number of benzene rings is 1. The van der Waals surface area contributed by atoms with Crippen LogP contribution in [0, 0.1) is 41.4 Å². The lowest BCUT2D eigenvalue weighted by molar-refractivity contribution is 0.0348. The van der Waals surface area contributed by atoms with Crippen LogP contribution in [0.4, 0.5) is 11.5 Å². The molecule has 2 aromatic rings. The quantitative estimate of drug-likeness (QED) is 0.246. The Bertz CT molecular complexity index is 1170. The lowest BCUT2D eigenvalue weighted by atomic mass is 9.87. The first-order valence-corrected chi connectivity index (χ1v) is 14.1. The Morgan fingerprint density at radius 2 is 1.97 bits per heavy atom. The molecule has 0 amide bonds. The van der Waals surface area contributed by atoms with Gasteiger partial charge in [0.15, 0.2) is 5.82 Å². The highest BCUT2D eigenvalue weighted by Gasteiger charge is 2.47. The molecule has 0 spiro atoms. The number of aromatic nitrogens is 1. The zero-order valence-corrected chi connectivity index (χ0v) is 23.1. The molecule has 6 heteroatoms. The van der Waals surface area contributed by atoms with Crippen LogP contribution in [0.15, 0.2) is 35.3 Å². The lowest BCUT2D eigenvalue weighted by Gasteiger charge is -2.21. The third kappa shape index (κ3) is 5.87. The zero-order chi connectivity index (χ0) is 25.9. The summed E-state index contributed by atoms with van der Waals surface area (Å²) >= 11 is 6.68. The highest BCUT2D eigenvalue weighted by molar-refractivity contribution is 6.33. The number of likely N-dealkylation sites (tertiary alicyclic amines) is 1. The van der Waals surface area contributed by atoms with E-state index < -0.39 is 0 Å². The van der Waals surface area contributed by atoms with Crippen molar-refractivity contribution >= 4 is 29.8 Å². The van der Waals surface area contributed by atoms with Gasteiger partial charge in [0.05, 0.1) is 29.1 Å². The topological polar surface area (TPSA) is 49.8 Å². The van der Waals surface area contributed by atoms with Crippen LogP contribution < -0.4 is 5.32 Å². The fourth-order valence-corrected chi connectivity index (χ4v) is 7.12. The minimum Gasteiger partial charge on any atom is -0.360 e. The van der Waals surface area contributed by atoms with E-state index in [9.17, 15) is 0 Å². The maximum Gasteiger partial charge on any atom is 0.175 e. The first-order chi connectivity index (χ1) is 17.9. The van der Waals surface area contributed by atoms with E-state index in [0.29, 0.717) is 35.3 Å². The molecule has 5 nitrogen and oxygen atoms in total. The van der Waals surface area contributed by atoms with Gasteiger partial charge in [-0.25, -0.2) is 9.98 Å². The molecular weight excluding hydrogens is 480 g/mol. The second-order valence-electron chi connectivity index (χ2n) is 11.4. The van der Waals surface area contributed by atoms with E-state index in [1.54, 1.807) is 0 Å². The largest absolute Gasteiger partial charge is 0.360 e. The third-order valence-electron chi connectivity index (χ3n) is 8.71. The molecule has 5 rings (SSSR count). The molecule has 0 bridgehead atoms. The summed E-state index contributed by atoms with van der Waals surface area (Å²) < 4.78 is 6.32. The summed E-state index contributed by atoms with van der Waals surface area (Å²) in [7, 11) is 0. The van der Waals surface area contributed by atoms with Crippen LogP contribution in [0.2, 0.25) is 5.02 Å². The molecule has 6 unspecified atom stereocenters. The van der Waals surface area contributed by atoms with E-state index in [1.807, 2.05) is 30.3 Å². The zero-order valence-electron chi connectivity index (χ0n) is 22.3. The number of rotatable bonds is 7. The number of hydrogen-bond donors (Lipinski definition) is 1. The van der Waals surface area contributed by atoms with Crippen molar-refractivity contribution in [3.63, 3.8) is 0 Å². The van der Waals surface area contributed by atoms with E-state index in [0.717, 1.165) is 66.5 Å². The summed E-state index contributed by atoms with van der Waals surface area (Å²) in [5, 5.41) is 3.92. The van der Waals surface area contributed by atoms with E-state index in [-0.39, 0.29) is 0 Å². The Balaban J connectivity index is 1.21. The average molecular weight is 519 g/mol. The number of ether oxygens (including phenoxy) is 1. The van der Waals surface area contributed by atoms with Gasteiger partial charge in [-0.1, -0.05) is 62.8 Å². The van der Waals surface area contributed by atoms with Crippen molar-refractivity contribution in [3.05, 3.63) is 40.9 Å². The predicted octanol–water partition coefficient (Wildman–Crippen LogP) is 6.88. The summed E-state index contributed by atoms with van der Waals surface area (Å²) in [5.41, 5.74) is 3.35. The van der Waals surface area contributed by atoms with Crippen LogP contribution in [-0.4, -0.2) is 49.1 Å². The summed E-state index contributed by atoms with van der Waals surface area (Å²) in [6.07, 6.45) is 5.34. The van der Waals surface area contributed by atoms with Gasteiger partial charge in [-0.15, -0.1) is 0 Å². The van der Waals surface area contributed by atoms with Crippen molar-refractivity contribution in [1.82, 2.24) is 9.88 Å². The Morgan fingerprint density at radius 3 is 2.70 bits per heavy atom. The Kier molecular flexibility index (Phi) is 8.19. The molecule has 37 heavy (non-hydrogen) atoms. The Hall–Kier alpha value is -2.39. The van der Waals surface area contributed by atoms with Crippen LogP contribution >= 0.6 is 11.6 Å². The van der Waals surface area contributed by atoms with Crippen LogP contribution in [0.25, 0.3) is 11.3 Å². The third-order valence-corrected chi connectivity index (χ3v) is 9.00. The van der Waals surface area contributed by atoms with E-state index >= 15 is 0 Å². The van der Waals surface area contributed by atoms with Gasteiger partial charge < -0.3 is 10.1 Å². The molecule has 3 fully saturated rings. The molecule has 1 aromatic carbocycles. The van der Waals surface area contributed by atoms with Crippen molar-refractivity contribution in [3.8, 4) is 23.1 Å². The van der Waals surface area contributed by atoms with Crippen LogP contribution in [0.5, 0.6) is 0 Å². The first kappa shape index (κ1) is 26.2. The highest BCUT2D eigenvalue weighted by Crippen LogP contribution is 2.51. The van der Waals surface area contributed by atoms with Gasteiger partial charge in [-0.3, -0.25) is 4.90 Å². The number of nitrogens with zero attached hydrogens (tertiary/aromatic N) is 3. The number of anilines is 1. The number of nitrogens with one attached hydrogen (secondary N) is 1. The predicted molar refractivity (Wildman–Crippen MR) is 154 cm³/mol. The van der Waals surface area contributed by atoms with Crippen molar-refractivity contribution in [2.45, 2.75) is 52.6 Å². The number of halogens is 1. The number of fused-ring (bicyclic) bond motifs is 1. The van der Waals surface area contributed by atoms with Crippen LogP contribution in [0.1, 0.15) is 52.0 Å². The standard InChI is InChI=1S/C31H39ClN4O/c1-20-13-15-36(18-20)14-5-6-23-8-10-24(11-9-23)30-26(32)17-27(31(33-4)35-30)34-19-37-28-16-22(3)29-21(2)7-12-25(28)29/h8-11,17,20-22,25,28-29,34H,4,7,12-16,18-19H2,1-3H3. The summed E-state index contributed by atoms with van der Waals surface area (Å²) in [6.45, 7) is 14.3. The first-order valence-electron chi connectivity index (χ1n) is 13.8. The molecular formula is C31H39ClN4O. The number of aliphatic imine (C=N–C) groups is 1. The van der Waals surface area contributed by atoms with E-state index in [2.05, 4.69) is 54.5 Å². The maximum atomic E-state index is 6.68. The molecule has 196 valence electrons. The molecule has 1 N–H and O–H groups in total. The van der Waals surface area contributed by atoms with Gasteiger partial charge in [0.2, 0.25) is 0 Å². The smallest absolute Gasteiger partial charge is 0.175 e. The minimum atomic E-state index is 0.320. The van der Waals surface area contributed by atoms with Crippen molar-refractivity contribution in [2.24, 2.45) is 34.6 Å². The molecule has 3 aliphatic rings. The fraction of sp³-hybridized carbons (Fsp3) is 0.548. The molecule has 1 aromatic heterocycles. The Labute approximate surface area is 227 Å². The van der Waals surface area contributed by atoms with Gasteiger partial charge in [0, 0.05) is 17.7 Å². The number of hydrogen-bond acceptors (Lipinski definition) is 5. The molecule has 6 atom stereocenters. The molecule has 1 saturated heterocycles. The molecule has 2 heterocycles. The van der Waals surface area contributed by atoms with Gasteiger partial charge in [0.25, 0.3) is 0 Å². The van der Waals surface area contributed by atoms with Crippen molar-refractivity contribution in [1.29, 1.82) is 0 Å². The van der Waals surface area contributed by atoms with Crippen molar-refractivity contribution in [2.75, 3.05) is 31.7 Å². The van der Waals surface area contributed by atoms with E-state index in [4.69, 9.17) is 21.3 Å². The SMILES string of the molecule is C=Nc1nc(-c2ccc(C#CCN3CCC(C)C3)cc2)c(Cl)cc1NCOC1CC(C)C2C(C)CCC12. The maximum absolute atomic E-state index is 6.68. The monoisotopic (exact) mass is 518 g/mol. The fourth-order valence-electron chi connectivity index (χ4n) is 6.86. The lowest BCUT2D eigenvalue weighted by Crippen LogP contribution is -2.23. The van der Waals surface area contributed by atoms with Crippen LogP contribution in [-0.2, 0) is 4.74 Å².